The summed E-state index contributed by atoms with van der Waals surface area (Å²) in [6.45, 7) is 5.39. The zero-order valence-corrected chi connectivity index (χ0v) is 17.6. The van der Waals surface area contributed by atoms with Crippen molar-refractivity contribution < 1.29 is 17.9 Å². The van der Waals surface area contributed by atoms with Crippen molar-refractivity contribution in [2.75, 3.05) is 19.0 Å². The van der Waals surface area contributed by atoms with Crippen LogP contribution in [0, 0.1) is 0 Å². The summed E-state index contributed by atoms with van der Waals surface area (Å²) >= 11 is 4.85. The van der Waals surface area contributed by atoms with E-state index in [0.717, 1.165) is 8.66 Å². The largest absolute Gasteiger partial charge is 0.495 e. The molecule has 0 radical (unpaired) electrons. The molecule has 1 N–H and O–H groups in total. The monoisotopic (exact) mass is 458 g/mol. The SMILES string of the molecule is C=CCN(Cc1ccc(Br)s1)S(=O)(=O)c1ccc(OC)c(NC(C)=O)c1. The Labute approximate surface area is 165 Å². The van der Waals surface area contributed by atoms with Crippen LogP contribution in [0.25, 0.3) is 0 Å². The van der Waals surface area contributed by atoms with Crippen molar-refractivity contribution in [3.05, 3.63) is 51.7 Å². The number of sulfonamides is 1. The van der Waals surface area contributed by atoms with Crippen LogP contribution in [0.5, 0.6) is 5.75 Å². The Morgan fingerprint density at radius 3 is 2.65 bits per heavy atom. The van der Waals surface area contributed by atoms with Crippen LogP contribution >= 0.6 is 27.3 Å². The van der Waals surface area contributed by atoms with Crippen LogP contribution in [0.3, 0.4) is 0 Å². The zero-order chi connectivity index (χ0) is 19.3. The van der Waals surface area contributed by atoms with Gasteiger partial charge in [-0.05, 0) is 46.3 Å². The lowest BCUT2D eigenvalue weighted by Gasteiger charge is -2.21. The molecule has 1 aromatic carbocycles. The number of hydrogen-bond donors (Lipinski definition) is 1. The molecule has 0 fully saturated rings. The summed E-state index contributed by atoms with van der Waals surface area (Å²) < 4.78 is 33.6. The molecule has 0 spiro atoms. The Morgan fingerprint density at radius 1 is 1.38 bits per heavy atom. The number of hydrogen-bond acceptors (Lipinski definition) is 5. The number of benzene rings is 1. The van der Waals surface area contributed by atoms with Gasteiger partial charge in [-0.3, -0.25) is 4.79 Å². The second kappa shape index (κ2) is 8.81. The molecule has 0 saturated heterocycles. The topological polar surface area (TPSA) is 75.7 Å². The summed E-state index contributed by atoms with van der Waals surface area (Å²) in [5.41, 5.74) is 0.304. The molecule has 0 saturated carbocycles. The van der Waals surface area contributed by atoms with Crippen molar-refractivity contribution in [1.82, 2.24) is 4.31 Å². The average molecular weight is 459 g/mol. The minimum absolute atomic E-state index is 0.0690. The fraction of sp³-hybridized carbons (Fsp3) is 0.235. The zero-order valence-electron chi connectivity index (χ0n) is 14.4. The number of methoxy groups -OCH3 is 1. The van der Waals surface area contributed by atoms with Crippen LogP contribution in [0.1, 0.15) is 11.8 Å². The molecule has 1 aromatic heterocycles. The van der Waals surface area contributed by atoms with Gasteiger partial charge in [0.1, 0.15) is 5.75 Å². The Kier molecular flexibility index (Phi) is 6.99. The van der Waals surface area contributed by atoms with Crippen LogP contribution in [0.15, 0.2) is 51.7 Å². The van der Waals surface area contributed by atoms with Crippen LogP contribution < -0.4 is 10.1 Å². The molecule has 1 heterocycles. The molecule has 26 heavy (non-hydrogen) atoms. The molecule has 0 aliphatic carbocycles. The third kappa shape index (κ3) is 4.94. The Bertz CT molecular complexity index is 909. The molecule has 2 rings (SSSR count). The summed E-state index contributed by atoms with van der Waals surface area (Å²) in [6.07, 6.45) is 1.54. The van der Waals surface area contributed by atoms with Gasteiger partial charge in [-0.25, -0.2) is 8.42 Å². The first kappa shape index (κ1) is 20.6. The van der Waals surface area contributed by atoms with Crippen molar-refractivity contribution in [3.63, 3.8) is 0 Å². The minimum atomic E-state index is -3.79. The summed E-state index contributed by atoms with van der Waals surface area (Å²) in [5, 5.41) is 2.59. The molecular weight excluding hydrogens is 440 g/mol. The predicted molar refractivity (Wildman–Crippen MR) is 107 cm³/mol. The number of rotatable bonds is 8. The van der Waals surface area contributed by atoms with Crippen molar-refractivity contribution in [2.45, 2.75) is 18.4 Å². The maximum absolute atomic E-state index is 13.1. The molecule has 140 valence electrons. The van der Waals surface area contributed by atoms with E-state index >= 15 is 0 Å². The van der Waals surface area contributed by atoms with Gasteiger partial charge in [-0.1, -0.05) is 6.08 Å². The van der Waals surface area contributed by atoms with Gasteiger partial charge in [-0.2, -0.15) is 4.31 Å². The van der Waals surface area contributed by atoms with Crippen LogP contribution in [-0.2, 0) is 21.4 Å². The highest BCUT2D eigenvalue weighted by molar-refractivity contribution is 9.11. The molecule has 9 heteroatoms. The summed E-state index contributed by atoms with van der Waals surface area (Å²) in [7, 11) is -2.34. The first-order valence-electron chi connectivity index (χ1n) is 7.58. The molecule has 0 bridgehead atoms. The molecule has 0 aliphatic heterocycles. The number of nitrogens with zero attached hydrogens (tertiary/aromatic N) is 1. The van der Waals surface area contributed by atoms with E-state index in [1.807, 2.05) is 12.1 Å². The van der Waals surface area contributed by atoms with Gasteiger partial charge in [0.2, 0.25) is 15.9 Å². The molecule has 0 unspecified atom stereocenters. The Hall–Kier alpha value is -1.68. The number of carbonyl (C=O) groups excluding carboxylic acids is 1. The van der Waals surface area contributed by atoms with Gasteiger partial charge in [0.05, 0.1) is 21.5 Å². The number of ether oxygens (including phenoxy) is 1. The van der Waals surface area contributed by atoms with E-state index in [0.29, 0.717) is 11.4 Å². The highest BCUT2D eigenvalue weighted by Gasteiger charge is 2.25. The highest BCUT2D eigenvalue weighted by atomic mass is 79.9. The second-order valence-corrected chi connectivity index (χ2v) is 9.82. The van der Waals surface area contributed by atoms with Gasteiger partial charge >= 0.3 is 0 Å². The molecule has 0 aliphatic rings. The van der Waals surface area contributed by atoms with Gasteiger partial charge in [-0.15, -0.1) is 17.9 Å². The van der Waals surface area contributed by atoms with Crippen molar-refractivity contribution in [1.29, 1.82) is 0 Å². The van der Waals surface area contributed by atoms with Gasteiger partial charge in [0.25, 0.3) is 0 Å². The lowest BCUT2D eigenvalue weighted by Crippen LogP contribution is -2.30. The van der Waals surface area contributed by atoms with Crippen molar-refractivity contribution in [3.8, 4) is 5.75 Å². The smallest absolute Gasteiger partial charge is 0.243 e. The molecule has 0 atom stereocenters. The van der Waals surface area contributed by atoms with Gasteiger partial charge < -0.3 is 10.1 Å². The number of carbonyl (C=O) groups is 1. The lowest BCUT2D eigenvalue weighted by molar-refractivity contribution is -0.114. The predicted octanol–water partition coefficient (Wildman–Crippen LogP) is 3.85. The van der Waals surface area contributed by atoms with Crippen LogP contribution in [0.2, 0.25) is 0 Å². The fourth-order valence-electron chi connectivity index (χ4n) is 2.29. The van der Waals surface area contributed by atoms with Crippen LogP contribution in [0.4, 0.5) is 5.69 Å². The maximum Gasteiger partial charge on any atom is 0.243 e. The number of thiophene rings is 1. The quantitative estimate of drug-likeness (QED) is 0.609. The van der Waals surface area contributed by atoms with E-state index in [1.54, 1.807) is 6.08 Å². The second-order valence-electron chi connectivity index (χ2n) is 5.34. The van der Waals surface area contributed by atoms with Crippen LogP contribution in [-0.4, -0.2) is 32.3 Å². The van der Waals surface area contributed by atoms with E-state index < -0.39 is 10.0 Å². The summed E-state index contributed by atoms with van der Waals surface area (Å²) in [4.78, 5) is 12.3. The van der Waals surface area contributed by atoms with Gasteiger partial charge in [0.15, 0.2) is 0 Å². The molecule has 2 aromatic rings. The summed E-state index contributed by atoms with van der Waals surface area (Å²) in [6, 6.07) is 8.12. The average Bonchev–Trinajstić information content (AvgIpc) is 2.99. The molecular formula is C17H19BrN2O4S2. The standard InChI is InChI=1S/C17H19BrN2O4S2/c1-4-9-20(11-13-5-8-17(18)25-13)26(22,23)14-6-7-16(24-3)15(10-14)19-12(2)21/h4-8,10H,1,9,11H2,2-3H3,(H,19,21). The van der Waals surface area contributed by atoms with E-state index in [2.05, 4.69) is 27.8 Å². The van der Waals surface area contributed by atoms with Crippen molar-refractivity contribution in [2.24, 2.45) is 0 Å². The number of amides is 1. The lowest BCUT2D eigenvalue weighted by atomic mass is 10.3. The third-order valence-electron chi connectivity index (χ3n) is 3.41. The van der Waals surface area contributed by atoms with E-state index in [4.69, 9.17) is 4.74 Å². The Balaban J connectivity index is 2.41. The first-order chi connectivity index (χ1) is 12.3. The number of halogens is 1. The summed E-state index contributed by atoms with van der Waals surface area (Å²) in [5.74, 6) is 0.0702. The molecule has 6 nitrogen and oxygen atoms in total. The van der Waals surface area contributed by atoms with E-state index in [1.165, 1.54) is 47.9 Å². The number of anilines is 1. The third-order valence-corrected chi connectivity index (χ3v) is 6.83. The Morgan fingerprint density at radius 2 is 2.12 bits per heavy atom. The first-order valence-corrected chi connectivity index (χ1v) is 10.6. The van der Waals surface area contributed by atoms with Gasteiger partial charge in [0, 0.05) is 24.9 Å². The fourth-order valence-corrected chi connectivity index (χ4v) is 5.28. The van der Waals surface area contributed by atoms with Crippen molar-refractivity contribution >= 4 is 48.9 Å². The molecule has 1 amide bonds. The normalized spacial score (nSPS) is 11.4. The highest BCUT2D eigenvalue weighted by Crippen LogP contribution is 2.30. The van der Waals surface area contributed by atoms with E-state index in [-0.39, 0.29) is 23.9 Å². The number of nitrogens with one attached hydrogen (secondary N) is 1. The minimum Gasteiger partial charge on any atom is -0.495 e. The maximum atomic E-state index is 13.1. The van der Waals surface area contributed by atoms with E-state index in [9.17, 15) is 13.2 Å².